The van der Waals surface area contributed by atoms with E-state index >= 15 is 0 Å². The van der Waals surface area contributed by atoms with Gasteiger partial charge in [-0.05, 0) is 42.5 Å². The van der Waals surface area contributed by atoms with Crippen molar-refractivity contribution in [3.8, 4) is 5.69 Å². The van der Waals surface area contributed by atoms with Crippen LogP contribution in [0.5, 0.6) is 0 Å². The Morgan fingerprint density at radius 3 is 2.05 bits per heavy atom. The van der Waals surface area contributed by atoms with E-state index in [4.69, 9.17) is 4.74 Å². The van der Waals surface area contributed by atoms with Gasteiger partial charge in [0.25, 0.3) is 11.5 Å². The number of hydrogen-bond acceptors (Lipinski definition) is 5. The van der Waals surface area contributed by atoms with Crippen LogP contribution in [0.3, 0.4) is 0 Å². The van der Waals surface area contributed by atoms with Crippen LogP contribution in [0.15, 0.2) is 114 Å². The summed E-state index contributed by atoms with van der Waals surface area (Å²) in [6.45, 7) is 0. The van der Waals surface area contributed by atoms with Crippen LogP contribution in [-0.2, 0) is 9.53 Å². The van der Waals surface area contributed by atoms with Gasteiger partial charge >= 0.3 is 5.97 Å². The quantitative estimate of drug-likeness (QED) is 0.334. The van der Waals surface area contributed by atoms with E-state index in [1.807, 2.05) is 0 Å². The topological polar surface area (TPSA) is 90.3 Å². The van der Waals surface area contributed by atoms with Gasteiger partial charge in [0.05, 0.1) is 11.1 Å². The van der Waals surface area contributed by atoms with Gasteiger partial charge in [-0.1, -0.05) is 66.7 Å². The minimum absolute atomic E-state index is 0.116. The van der Waals surface area contributed by atoms with Gasteiger partial charge in [0.2, 0.25) is 6.10 Å². The van der Waals surface area contributed by atoms with Gasteiger partial charge in [-0.2, -0.15) is 9.78 Å². The minimum atomic E-state index is -1.34. The molecule has 0 fully saturated rings. The van der Waals surface area contributed by atoms with Crippen LogP contribution in [0.25, 0.3) is 16.5 Å². The fourth-order valence-electron chi connectivity index (χ4n) is 3.89. The van der Waals surface area contributed by atoms with Crippen molar-refractivity contribution in [2.45, 2.75) is 6.10 Å². The first-order valence-corrected chi connectivity index (χ1v) is 11.4. The van der Waals surface area contributed by atoms with Crippen LogP contribution >= 0.6 is 0 Å². The lowest BCUT2D eigenvalue weighted by Crippen LogP contribution is -2.29. The first-order chi connectivity index (χ1) is 18.0. The molecule has 4 aromatic carbocycles. The molecule has 0 bridgehead atoms. The van der Waals surface area contributed by atoms with Gasteiger partial charge in [-0.15, -0.1) is 0 Å². The number of aromatic nitrogens is 2. The zero-order valence-corrected chi connectivity index (χ0v) is 19.4. The largest absolute Gasteiger partial charge is 0.442 e. The summed E-state index contributed by atoms with van der Waals surface area (Å²) in [5, 5.41) is 7.56. The molecule has 37 heavy (non-hydrogen) atoms. The number of carbonyl (C=O) groups excluding carboxylic acids is 2. The van der Waals surface area contributed by atoms with E-state index in [1.165, 1.54) is 24.3 Å². The van der Waals surface area contributed by atoms with Crippen molar-refractivity contribution in [1.82, 2.24) is 9.78 Å². The lowest BCUT2D eigenvalue weighted by atomic mass is 10.1. The third-order valence-electron chi connectivity index (χ3n) is 5.68. The van der Waals surface area contributed by atoms with Crippen molar-refractivity contribution in [3.05, 3.63) is 137 Å². The van der Waals surface area contributed by atoms with Gasteiger partial charge < -0.3 is 10.1 Å². The molecule has 0 saturated heterocycles. The summed E-state index contributed by atoms with van der Waals surface area (Å²) in [5.41, 5.74) is 0.725. The average Bonchev–Trinajstić information content (AvgIpc) is 2.94. The van der Waals surface area contributed by atoms with Crippen LogP contribution in [-0.4, -0.2) is 21.7 Å². The van der Waals surface area contributed by atoms with Crippen molar-refractivity contribution >= 4 is 28.3 Å². The fourth-order valence-corrected chi connectivity index (χ4v) is 3.89. The van der Waals surface area contributed by atoms with Gasteiger partial charge in [0.1, 0.15) is 5.82 Å². The Morgan fingerprint density at radius 1 is 0.784 bits per heavy atom. The molecule has 1 heterocycles. The van der Waals surface area contributed by atoms with E-state index in [-0.39, 0.29) is 11.1 Å². The number of fused-ring (bicyclic) bond motifs is 1. The lowest BCUT2D eigenvalue weighted by molar-refractivity contribution is -0.125. The van der Waals surface area contributed by atoms with Gasteiger partial charge in [-0.25, -0.2) is 9.18 Å². The zero-order chi connectivity index (χ0) is 25.8. The maximum atomic E-state index is 13.5. The summed E-state index contributed by atoms with van der Waals surface area (Å²) in [5.74, 6) is -1.97. The van der Waals surface area contributed by atoms with Crippen LogP contribution in [0, 0.1) is 5.82 Å². The van der Waals surface area contributed by atoms with E-state index in [2.05, 4.69) is 10.4 Å². The fraction of sp³-hybridized carbons (Fsp3) is 0.0345. The van der Waals surface area contributed by atoms with Crippen molar-refractivity contribution in [3.63, 3.8) is 0 Å². The van der Waals surface area contributed by atoms with Gasteiger partial charge in [0.15, 0.2) is 5.69 Å². The highest BCUT2D eigenvalue weighted by Gasteiger charge is 2.28. The molecule has 1 N–H and O–H groups in total. The second-order valence-corrected chi connectivity index (χ2v) is 8.14. The third-order valence-corrected chi connectivity index (χ3v) is 5.68. The number of anilines is 1. The Hall–Kier alpha value is -5.11. The number of hydrogen-bond donors (Lipinski definition) is 1. The lowest BCUT2D eigenvalue weighted by Gasteiger charge is -2.19. The molecule has 0 saturated carbocycles. The second kappa shape index (κ2) is 10.2. The Labute approximate surface area is 210 Å². The number of para-hydroxylation sites is 1. The predicted molar refractivity (Wildman–Crippen MR) is 137 cm³/mol. The molecule has 0 aliphatic rings. The number of benzene rings is 4. The summed E-state index contributed by atoms with van der Waals surface area (Å²) in [4.78, 5) is 39.9. The van der Waals surface area contributed by atoms with E-state index in [0.29, 0.717) is 22.3 Å². The first-order valence-electron chi connectivity index (χ1n) is 11.4. The highest BCUT2D eigenvalue weighted by molar-refractivity contribution is 6.04. The molecular weight excluding hydrogens is 473 g/mol. The van der Waals surface area contributed by atoms with E-state index < -0.39 is 29.4 Å². The Kier molecular flexibility index (Phi) is 6.54. The maximum absolute atomic E-state index is 13.5. The second-order valence-electron chi connectivity index (χ2n) is 8.14. The molecule has 5 rings (SSSR count). The summed E-state index contributed by atoms with van der Waals surface area (Å²) >= 11 is 0. The number of esters is 1. The number of carbonyl (C=O) groups is 2. The molecule has 1 atom stereocenters. The van der Waals surface area contributed by atoms with Crippen LogP contribution in [0.4, 0.5) is 10.1 Å². The number of ether oxygens (including phenoxy) is 1. The predicted octanol–water partition coefficient (Wildman–Crippen LogP) is 5.06. The SMILES string of the molecule is O=C(OC(C(=O)Nc1ccc(F)cc1)c1ccccc1)c1nn(-c2ccccc2)c(=O)c2ccccc12. The third kappa shape index (κ3) is 4.99. The molecule has 1 amide bonds. The minimum Gasteiger partial charge on any atom is -0.442 e. The molecule has 0 aliphatic heterocycles. The molecule has 7 nitrogen and oxygen atoms in total. The molecule has 1 aromatic heterocycles. The van der Waals surface area contributed by atoms with Crippen LogP contribution in [0.1, 0.15) is 22.2 Å². The number of nitrogens with one attached hydrogen (secondary N) is 1. The maximum Gasteiger partial charge on any atom is 0.360 e. The number of halogens is 1. The molecule has 1 unspecified atom stereocenters. The molecule has 5 aromatic rings. The first kappa shape index (κ1) is 23.6. The molecule has 0 spiro atoms. The summed E-state index contributed by atoms with van der Waals surface area (Å²) < 4.78 is 20.2. The summed E-state index contributed by atoms with van der Waals surface area (Å²) in [6.07, 6.45) is -1.34. The normalized spacial score (nSPS) is 11.6. The summed E-state index contributed by atoms with van der Waals surface area (Å²) in [6, 6.07) is 29.0. The van der Waals surface area contributed by atoms with E-state index in [0.717, 1.165) is 4.68 Å². The Morgan fingerprint density at radius 2 is 1.38 bits per heavy atom. The molecule has 0 aliphatic carbocycles. The van der Waals surface area contributed by atoms with Crippen molar-refractivity contribution in [1.29, 1.82) is 0 Å². The van der Waals surface area contributed by atoms with E-state index in [9.17, 15) is 18.8 Å². The van der Waals surface area contributed by atoms with Crippen molar-refractivity contribution in [2.75, 3.05) is 5.32 Å². The van der Waals surface area contributed by atoms with E-state index in [1.54, 1.807) is 84.9 Å². The van der Waals surface area contributed by atoms with Crippen LogP contribution < -0.4 is 10.9 Å². The Balaban J connectivity index is 1.55. The molecular formula is C29H20FN3O4. The van der Waals surface area contributed by atoms with Gasteiger partial charge in [-0.3, -0.25) is 9.59 Å². The number of nitrogens with zero attached hydrogens (tertiary/aromatic N) is 2. The van der Waals surface area contributed by atoms with Crippen molar-refractivity contribution in [2.24, 2.45) is 0 Å². The average molecular weight is 493 g/mol. The van der Waals surface area contributed by atoms with Gasteiger partial charge in [0, 0.05) is 16.6 Å². The molecule has 182 valence electrons. The number of amides is 1. The summed E-state index contributed by atoms with van der Waals surface area (Å²) in [7, 11) is 0. The highest BCUT2D eigenvalue weighted by atomic mass is 19.1. The van der Waals surface area contributed by atoms with Crippen molar-refractivity contribution < 1.29 is 18.7 Å². The Bertz CT molecular complexity index is 1640. The molecule has 0 radical (unpaired) electrons. The number of rotatable bonds is 6. The highest BCUT2D eigenvalue weighted by Crippen LogP contribution is 2.24. The smallest absolute Gasteiger partial charge is 0.360 e. The zero-order valence-electron chi connectivity index (χ0n) is 19.4. The van der Waals surface area contributed by atoms with Crippen LogP contribution in [0.2, 0.25) is 0 Å². The standard InChI is InChI=1S/C29H20FN3O4/c30-20-15-17-21(18-16-20)31-27(34)26(19-9-3-1-4-10-19)37-29(36)25-23-13-7-8-14-24(23)28(35)33(32-25)22-11-5-2-6-12-22/h1-18,26H,(H,31,34). The molecule has 8 heteroatoms. The monoisotopic (exact) mass is 493 g/mol.